The molecule has 0 radical (unpaired) electrons. The summed E-state index contributed by atoms with van der Waals surface area (Å²) in [5, 5.41) is 0. The van der Waals surface area contributed by atoms with Crippen LogP contribution >= 0.6 is 0 Å². The quantitative estimate of drug-likeness (QED) is 0.650. The Morgan fingerprint density at radius 3 is 2.47 bits per heavy atom. The van der Waals surface area contributed by atoms with Crippen LogP contribution in [-0.4, -0.2) is 58.0 Å². The highest BCUT2D eigenvalue weighted by Crippen LogP contribution is 2.29. The fraction of sp³-hybridized carbons (Fsp3) is 1.00. The highest BCUT2D eigenvalue weighted by Gasteiger charge is 2.28. The van der Waals surface area contributed by atoms with Crippen molar-refractivity contribution < 1.29 is 9.47 Å². The molecular weight excluding hydrogens is 216 g/mol. The number of likely N-dealkylation sites (tertiary alicyclic amines) is 1. The lowest BCUT2D eigenvalue weighted by atomic mass is 9.80. The van der Waals surface area contributed by atoms with E-state index in [9.17, 15) is 0 Å². The third-order valence-electron chi connectivity index (χ3n) is 3.75. The van der Waals surface area contributed by atoms with Crippen molar-refractivity contribution in [1.29, 1.82) is 0 Å². The summed E-state index contributed by atoms with van der Waals surface area (Å²) < 4.78 is 10.4. The predicted octanol–water partition coefficient (Wildman–Crippen LogP) is 1.10. The van der Waals surface area contributed by atoms with Gasteiger partial charge in [-0.3, -0.25) is 0 Å². The number of piperidine rings is 1. The molecule has 0 unspecified atom stereocenters. The first-order valence-electron chi connectivity index (χ1n) is 6.69. The maximum atomic E-state index is 5.80. The summed E-state index contributed by atoms with van der Waals surface area (Å²) in [6.07, 6.45) is 3.57. The van der Waals surface area contributed by atoms with Crippen molar-refractivity contribution in [2.75, 3.05) is 53.1 Å². The second kappa shape index (κ2) is 8.03. The van der Waals surface area contributed by atoms with E-state index < -0.39 is 0 Å². The molecule has 4 heteroatoms. The van der Waals surface area contributed by atoms with Gasteiger partial charge in [0.15, 0.2) is 0 Å². The standard InChI is InChI=1S/C13H28N2O2/c1-13(12-14)4-7-15(8-5-13)6-3-9-17-11-10-16-2/h3-12,14H2,1-2H3. The van der Waals surface area contributed by atoms with Crippen LogP contribution in [0, 0.1) is 5.41 Å². The zero-order chi connectivity index (χ0) is 12.6. The van der Waals surface area contributed by atoms with Crippen LogP contribution in [0.15, 0.2) is 0 Å². The summed E-state index contributed by atoms with van der Waals surface area (Å²) in [5.41, 5.74) is 6.18. The summed E-state index contributed by atoms with van der Waals surface area (Å²) in [6, 6.07) is 0. The second-order valence-corrected chi connectivity index (χ2v) is 5.32. The number of hydrogen-bond donors (Lipinski definition) is 1. The first-order chi connectivity index (χ1) is 8.20. The number of hydrogen-bond acceptors (Lipinski definition) is 4. The molecule has 0 amide bonds. The molecule has 1 saturated heterocycles. The molecule has 1 rings (SSSR count). The topological polar surface area (TPSA) is 47.7 Å². The Kier molecular flexibility index (Phi) is 7.04. The van der Waals surface area contributed by atoms with Crippen molar-refractivity contribution in [3.8, 4) is 0 Å². The maximum Gasteiger partial charge on any atom is 0.0700 e. The van der Waals surface area contributed by atoms with Crippen molar-refractivity contribution in [2.45, 2.75) is 26.2 Å². The van der Waals surface area contributed by atoms with Gasteiger partial charge < -0.3 is 20.1 Å². The van der Waals surface area contributed by atoms with E-state index in [-0.39, 0.29) is 0 Å². The molecule has 0 aliphatic carbocycles. The highest BCUT2D eigenvalue weighted by atomic mass is 16.5. The molecule has 0 aromatic rings. The summed E-state index contributed by atoms with van der Waals surface area (Å²) in [7, 11) is 1.70. The van der Waals surface area contributed by atoms with Gasteiger partial charge >= 0.3 is 0 Å². The molecule has 102 valence electrons. The SMILES string of the molecule is COCCOCCCN1CCC(C)(CN)CC1. The van der Waals surface area contributed by atoms with Crippen LogP contribution in [0.25, 0.3) is 0 Å². The van der Waals surface area contributed by atoms with Gasteiger partial charge in [-0.25, -0.2) is 0 Å². The monoisotopic (exact) mass is 244 g/mol. The molecule has 2 N–H and O–H groups in total. The van der Waals surface area contributed by atoms with Crippen molar-refractivity contribution >= 4 is 0 Å². The van der Waals surface area contributed by atoms with E-state index in [1.54, 1.807) is 7.11 Å². The number of ether oxygens (including phenoxy) is 2. The van der Waals surface area contributed by atoms with Gasteiger partial charge in [0.1, 0.15) is 0 Å². The zero-order valence-electron chi connectivity index (χ0n) is 11.4. The van der Waals surface area contributed by atoms with Crippen LogP contribution in [0.3, 0.4) is 0 Å². The maximum absolute atomic E-state index is 5.80. The van der Waals surface area contributed by atoms with Crippen molar-refractivity contribution in [1.82, 2.24) is 4.90 Å². The van der Waals surface area contributed by atoms with E-state index in [1.165, 1.54) is 25.9 Å². The molecule has 0 saturated carbocycles. The molecule has 1 heterocycles. The minimum absolute atomic E-state index is 0.380. The molecular formula is C13H28N2O2. The predicted molar refractivity (Wildman–Crippen MR) is 70.1 cm³/mol. The first-order valence-corrected chi connectivity index (χ1v) is 6.69. The Bertz CT molecular complexity index is 192. The van der Waals surface area contributed by atoms with Gasteiger partial charge in [-0.2, -0.15) is 0 Å². The number of methoxy groups -OCH3 is 1. The van der Waals surface area contributed by atoms with Gasteiger partial charge in [-0.05, 0) is 44.3 Å². The molecule has 0 bridgehead atoms. The van der Waals surface area contributed by atoms with E-state index in [0.29, 0.717) is 18.6 Å². The van der Waals surface area contributed by atoms with Gasteiger partial charge in [0, 0.05) is 20.3 Å². The average Bonchev–Trinajstić information content (AvgIpc) is 2.36. The van der Waals surface area contributed by atoms with Gasteiger partial charge in [-0.1, -0.05) is 6.92 Å². The molecule has 17 heavy (non-hydrogen) atoms. The summed E-state index contributed by atoms with van der Waals surface area (Å²) in [5.74, 6) is 0. The number of rotatable bonds is 8. The molecule has 1 aliphatic heterocycles. The molecule has 0 spiro atoms. The smallest absolute Gasteiger partial charge is 0.0700 e. The van der Waals surface area contributed by atoms with Crippen LogP contribution in [0.5, 0.6) is 0 Å². The van der Waals surface area contributed by atoms with Gasteiger partial charge in [-0.15, -0.1) is 0 Å². The van der Waals surface area contributed by atoms with Gasteiger partial charge in [0.2, 0.25) is 0 Å². The van der Waals surface area contributed by atoms with Gasteiger partial charge in [0.05, 0.1) is 13.2 Å². The van der Waals surface area contributed by atoms with Crippen molar-refractivity contribution in [3.05, 3.63) is 0 Å². The van der Waals surface area contributed by atoms with Gasteiger partial charge in [0.25, 0.3) is 0 Å². The van der Waals surface area contributed by atoms with Crippen molar-refractivity contribution in [2.24, 2.45) is 11.1 Å². The lowest BCUT2D eigenvalue weighted by Crippen LogP contribution is -2.42. The van der Waals surface area contributed by atoms with E-state index in [1.807, 2.05) is 0 Å². The Labute approximate surface area is 105 Å². The van der Waals surface area contributed by atoms with Crippen LogP contribution in [0.4, 0.5) is 0 Å². The van der Waals surface area contributed by atoms with E-state index >= 15 is 0 Å². The average molecular weight is 244 g/mol. The summed E-state index contributed by atoms with van der Waals surface area (Å²) >= 11 is 0. The van der Waals surface area contributed by atoms with Crippen LogP contribution < -0.4 is 5.73 Å². The highest BCUT2D eigenvalue weighted by molar-refractivity contribution is 4.82. The van der Waals surface area contributed by atoms with E-state index in [2.05, 4.69) is 11.8 Å². The third kappa shape index (κ3) is 5.82. The fourth-order valence-electron chi connectivity index (χ4n) is 2.16. The normalized spacial score (nSPS) is 20.6. The summed E-state index contributed by atoms with van der Waals surface area (Å²) in [6.45, 7) is 8.89. The van der Waals surface area contributed by atoms with Crippen molar-refractivity contribution in [3.63, 3.8) is 0 Å². The Morgan fingerprint density at radius 1 is 1.18 bits per heavy atom. The zero-order valence-corrected chi connectivity index (χ0v) is 11.4. The summed E-state index contributed by atoms with van der Waals surface area (Å²) in [4.78, 5) is 2.52. The van der Waals surface area contributed by atoms with E-state index in [0.717, 1.165) is 26.1 Å². The number of nitrogens with two attached hydrogens (primary N) is 1. The Hall–Kier alpha value is -0.160. The minimum atomic E-state index is 0.380. The first kappa shape index (κ1) is 14.9. The lowest BCUT2D eigenvalue weighted by molar-refractivity contribution is 0.0597. The third-order valence-corrected chi connectivity index (χ3v) is 3.75. The Morgan fingerprint density at radius 2 is 1.88 bits per heavy atom. The fourth-order valence-corrected chi connectivity index (χ4v) is 2.16. The largest absolute Gasteiger partial charge is 0.382 e. The Balaban J connectivity index is 1.99. The van der Waals surface area contributed by atoms with E-state index in [4.69, 9.17) is 15.2 Å². The second-order valence-electron chi connectivity index (χ2n) is 5.32. The van der Waals surface area contributed by atoms with Crippen LogP contribution in [-0.2, 0) is 9.47 Å². The lowest BCUT2D eigenvalue weighted by Gasteiger charge is -2.38. The molecule has 0 atom stereocenters. The number of nitrogens with zero attached hydrogens (tertiary/aromatic N) is 1. The van der Waals surface area contributed by atoms with Crippen LogP contribution in [0.2, 0.25) is 0 Å². The molecule has 4 nitrogen and oxygen atoms in total. The molecule has 0 aromatic heterocycles. The minimum Gasteiger partial charge on any atom is -0.382 e. The molecule has 1 fully saturated rings. The van der Waals surface area contributed by atoms with Crippen LogP contribution in [0.1, 0.15) is 26.2 Å². The molecule has 0 aromatic carbocycles. The molecule has 1 aliphatic rings.